The fraction of sp³-hybridized carbons (Fsp3) is 0.667. The van der Waals surface area contributed by atoms with E-state index >= 15 is 0 Å². The van der Waals surface area contributed by atoms with E-state index in [2.05, 4.69) is 62.2 Å². The molecule has 21 heavy (non-hydrogen) atoms. The van der Waals surface area contributed by atoms with Crippen molar-refractivity contribution in [3.05, 3.63) is 35.4 Å². The standard InChI is InChI=1S/C18H30N2O/c1-15(2)11-19-12-16-7-5-6-8-17(16)13-20-9-10-21-18(3,4)14-20/h5-8,15,19H,9-14H2,1-4H3. The van der Waals surface area contributed by atoms with Gasteiger partial charge in [-0.2, -0.15) is 0 Å². The Morgan fingerprint density at radius 2 is 1.95 bits per heavy atom. The summed E-state index contributed by atoms with van der Waals surface area (Å²) in [5.74, 6) is 0.692. The largest absolute Gasteiger partial charge is 0.373 e. The number of rotatable bonds is 6. The number of hydrogen-bond acceptors (Lipinski definition) is 3. The maximum atomic E-state index is 5.80. The van der Waals surface area contributed by atoms with Gasteiger partial charge >= 0.3 is 0 Å². The van der Waals surface area contributed by atoms with Gasteiger partial charge in [0.2, 0.25) is 0 Å². The molecule has 1 aliphatic rings. The number of ether oxygens (including phenoxy) is 1. The van der Waals surface area contributed by atoms with E-state index in [9.17, 15) is 0 Å². The van der Waals surface area contributed by atoms with Crippen molar-refractivity contribution in [2.75, 3.05) is 26.2 Å². The van der Waals surface area contributed by atoms with E-state index < -0.39 is 0 Å². The monoisotopic (exact) mass is 290 g/mol. The van der Waals surface area contributed by atoms with Crippen LogP contribution in [0.25, 0.3) is 0 Å². The van der Waals surface area contributed by atoms with Crippen LogP contribution in [0.5, 0.6) is 0 Å². The number of nitrogens with one attached hydrogen (secondary N) is 1. The molecule has 0 saturated carbocycles. The fourth-order valence-corrected chi connectivity index (χ4v) is 2.87. The molecule has 1 aliphatic heterocycles. The second-order valence-electron chi connectivity index (χ2n) is 7.11. The Bertz CT molecular complexity index is 443. The summed E-state index contributed by atoms with van der Waals surface area (Å²) in [5, 5.41) is 3.55. The molecule has 0 aromatic heterocycles. The van der Waals surface area contributed by atoms with Gasteiger partial charge in [-0.25, -0.2) is 0 Å². The van der Waals surface area contributed by atoms with Gasteiger partial charge in [-0.05, 0) is 37.4 Å². The van der Waals surface area contributed by atoms with Gasteiger partial charge in [-0.15, -0.1) is 0 Å². The molecule has 1 saturated heterocycles. The Labute approximate surface area is 129 Å². The van der Waals surface area contributed by atoms with E-state index in [4.69, 9.17) is 4.74 Å². The minimum absolute atomic E-state index is 0.0247. The number of morpholine rings is 1. The van der Waals surface area contributed by atoms with Crippen LogP contribution in [0.2, 0.25) is 0 Å². The Morgan fingerprint density at radius 3 is 2.62 bits per heavy atom. The number of nitrogens with zero attached hydrogens (tertiary/aromatic N) is 1. The predicted octanol–water partition coefficient (Wildman–Crippen LogP) is 3.04. The summed E-state index contributed by atoms with van der Waals surface area (Å²) in [5.41, 5.74) is 2.83. The molecule has 0 aliphatic carbocycles. The summed E-state index contributed by atoms with van der Waals surface area (Å²) >= 11 is 0. The van der Waals surface area contributed by atoms with Crippen molar-refractivity contribution in [2.45, 2.75) is 46.4 Å². The van der Waals surface area contributed by atoms with E-state index in [1.807, 2.05) is 0 Å². The lowest BCUT2D eigenvalue weighted by Crippen LogP contribution is -2.47. The predicted molar refractivity (Wildman–Crippen MR) is 88.3 cm³/mol. The van der Waals surface area contributed by atoms with Crippen LogP contribution in [-0.2, 0) is 17.8 Å². The highest BCUT2D eigenvalue weighted by molar-refractivity contribution is 5.27. The normalized spacial score (nSPS) is 19.1. The van der Waals surface area contributed by atoms with Gasteiger partial charge in [0, 0.05) is 26.2 Å². The second-order valence-corrected chi connectivity index (χ2v) is 7.11. The molecular formula is C18H30N2O. The lowest BCUT2D eigenvalue weighted by atomic mass is 10.0. The molecule has 3 nitrogen and oxygen atoms in total. The molecule has 1 aromatic rings. The highest BCUT2D eigenvalue weighted by Crippen LogP contribution is 2.20. The highest BCUT2D eigenvalue weighted by Gasteiger charge is 2.27. The average molecular weight is 290 g/mol. The van der Waals surface area contributed by atoms with Crippen LogP contribution in [0.3, 0.4) is 0 Å². The number of benzene rings is 1. The first-order chi connectivity index (χ1) is 9.96. The molecule has 0 atom stereocenters. The van der Waals surface area contributed by atoms with Gasteiger partial charge in [-0.3, -0.25) is 4.90 Å². The fourth-order valence-electron chi connectivity index (χ4n) is 2.87. The van der Waals surface area contributed by atoms with Gasteiger partial charge in [0.15, 0.2) is 0 Å². The van der Waals surface area contributed by atoms with Crippen molar-refractivity contribution >= 4 is 0 Å². The van der Waals surface area contributed by atoms with E-state index in [1.165, 1.54) is 11.1 Å². The Balaban J connectivity index is 1.96. The Morgan fingerprint density at radius 1 is 1.24 bits per heavy atom. The molecule has 0 radical (unpaired) electrons. The molecule has 118 valence electrons. The van der Waals surface area contributed by atoms with Gasteiger partial charge in [0.25, 0.3) is 0 Å². The van der Waals surface area contributed by atoms with Crippen molar-refractivity contribution < 1.29 is 4.74 Å². The van der Waals surface area contributed by atoms with Crippen molar-refractivity contribution in [3.63, 3.8) is 0 Å². The molecule has 0 amide bonds. The summed E-state index contributed by atoms with van der Waals surface area (Å²) < 4.78 is 5.80. The molecule has 0 spiro atoms. The molecule has 2 rings (SSSR count). The first-order valence-corrected chi connectivity index (χ1v) is 8.10. The van der Waals surface area contributed by atoms with Crippen molar-refractivity contribution in [1.29, 1.82) is 0 Å². The Kier molecular flexibility index (Phi) is 5.80. The van der Waals surface area contributed by atoms with Crippen LogP contribution in [0, 0.1) is 5.92 Å². The molecular weight excluding hydrogens is 260 g/mol. The van der Waals surface area contributed by atoms with E-state index in [1.54, 1.807) is 0 Å². The lowest BCUT2D eigenvalue weighted by molar-refractivity contribution is -0.0883. The zero-order valence-corrected chi connectivity index (χ0v) is 14.0. The van der Waals surface area contributed by atoms with Crippen LogP contribution in [0.15, 0.2) is 24.3 Å². The van der Waals surface area contributed by atoms with E-state index in [-0.39, 0.29) is 5.60 Å². The maximum Gasteiger partial charge on any atom is 0.0753 e. The third-order valence-corrected chi connectivity index (χ3v) is 3.89. The van der Waals surface area contributed by atoms with E-state index in [0.717, 1.165) is 39.3 Å². The summed E-state index contributed by atoms with van der Waals surface area (Å²) in [4.78, 5) is 2.50. The molecule has 1 heterocycles. The SMILES string of the molecule is CC(C)CNCc1ccccc1CN1CCOC(C)(C)C1. The molecule has 3 heteroatoms. The molecule has 1 aromatic carbocycles. The van der Waals surface area contributed by atoms with Crippen molar-refractivity contribution in [1.82, 2.24) is 10.2 Å². The molecule has 1 fully saturated rings. The summed E-state index contributed by atoms with van der Waals surface area (Å²) in [7, 11) is 0. The lowest BCUT2D eigenvalue weighted by Gasteiger charge is -2.38. The topological polar surface area (TPSA) is 24.5 Å². The first kappa shape index (κ1) is 16.5. The smallest absolute Gasteiger partial charge is 0.0753 e. The zero-order chi connectivity index (χ0) is 15.3. The third-order valence-electron chi connectivity index (χ3n) is 3.89. The van der Waals surface area contributed by atoms with Crippen molar-refractivity contribution in [2.24, 2.45) is 5.92 Å². The zero-order valence-electron chi connectivity index (χ0n) is 14.0. The van der Waals surface area contributed by atoms with Crippen molar-refractivity contribution in [3.8, 4) is 0 Å². The van der Waals surface area contributed by atoms with E-state index in [0.29, 0.717) is 5.92 Å². The third kappa shape index (κ3) is 5.42. The minimum Gasteiger partial charge on any atom is -0.373 e. The second kappa shape index (κ2) is 7.39. The first-order valence-electron chi connectivity index (χ1n) is 8.10. The van der Waals surface area contributed by atoms with Gasteiger partial charge < -0.3 is 10.1 Å². The summed E-state index contributed by atoms with van der Waals surface area (Å²) in [6.07, 6.45) is 0. The van der Waals surface area contributed by atoms with Gasteiger partial charge in [-0.1, -0.05) is 38.1 Å². The quantitative estimate of drug-likeness (QED) is 0.871. The summed E-state index contributed by atoms with van der Waals surface area (Å²) in [6, 6.07) is 8.79. The highest BCUT2D eigenvalue weighted by atomic mass is 16.5. The number of hydrogen-bond donors (Lipinski definition) is 1. The van der Waals surface area contributed by atoms with Gasteiger partial charge in [0.05, 0.1) is 12.2 Å². The van der Waals surface area contributed by atoms with Crippen LogP contribution in [-0.4, -0.2) is 36.7 Å². The van der Waals surface area contributed by atoms with Crippen LogP contribution in [0.1, 0.15) is 38.8 Å². The Hall–Kier alpha value is -0.900. The molecule has 0 unspecified atom stereocenters. The van der Waals surface area contributed by atoms with Crippen LogP contribution >= 0.6 is 0 Å². The summed E-state index contributed by atoms with van der Waals surface area (Å²) in [6.45, 7) is 14.7. The molecule has 0 bridgehead atoms. The van der Waals surface area contributed by atoms with Crippen LogP contribution in [0.4, 0.5) is 0 Å². The average Bonchev–Trinajstić information content (AvgIpc) is 2.39. The maximum absolute atomic E-state index is 5.80. The van der Waals surface area contributed by atoms with Crippen LogP contribution < -0.4 is 5.32 Å². The van der Waals surface area contributed by atoms with Gasteiger partial charge in [0.1, 0.15) is 0 Å². The minimum atomic E-state index is -0.0247. The molecule has 1 N–H and O–H groups in total.